The van der Waals surface area contributed by atoms with Gasteiger partial charge in [-0.05, 0) is 24.8 Å². The van der Waals surface area contributed by atoms with E-state index >= 15 is 0 Å². The third kappa shape index (κ3) is 3.30. The van der Waals surface area contributed by atoms with Crippen LogP contribution in [0.2, 0.25) is 0 Å². The van der Waals surface area contributed by atoms with Gasteiger partial charge in [0.2, 0.25) is 5.91 Å². The van der Waals surface area contributed by atoms with Crippen LogP contribution >= 0.6 is 0 Å². The number of anilines is 1. The number of carbonyl (C=O) groups is 1. The maximum Gasteiger partial charge on any atom is 0.249 e. The minimum atomic E-state index is -0.380. The number of hydrogen-bond acceptors (Lipinski definition) is 3. The van der Waals surface area contributed by atoms with Crippen molar-refractivity contribution in [3.05, 3.63) is 48.2 Å². The van der Waals surface area contributed by atoms with Crippen LogP contribution in [0.15, 0.2) is 42.6 Å². The maximum atomic E-state index is 12.9. The molecule has 5 nitrogen and oxygen atoms in total. The second-order valence-corrected chi connectivity index (χ2v) is 5.75. The molecule has 1 saturated heterocycles. The Morgan fingerprint density at radius 3 is 2.50 bits per heavy atom. The number of carbonyl (C=O) groups excluding carboxylic acids is 1. The summed E-state index contributed by atoms with van der Waals surface area (Å²) in [5.74, 6) is 0.860. The molecule has 1 atom stereocenters. The van der Waals surface area contributed by atoms with Crippen molar-refractivity contribution in [3.8, 4) is 0 Å². The molecule has 2 aromatic rings. The fraction of sp³-hybridized carbons (Fsp3) is 0.412. The molecule has 1 aromatic carbocycles. The second kappa shape index (κ2) is 6.64. The number of benzene rings is 1. The van der Waals surface area contributed by atoms with Crippen LogP contribution in [-0.4, -0.2) is 33.7 Å². The Hall–Kier alpha value is -2.30. The zero-order chi connectivity index (χ0) is 15.4. The van der Waals surface area contributed by atoms with Crippen molar-refractivity contribution in [2.75, 3.05) is 18.4 Å². The maximum absolute atomic E-state index is 12.9. The van der Waals surface area contributed by atoms with E-state index in [1.165, 1.54) is 6.42 Å². The Labute approximate surface area is 130 Å². The quantitative estimate of drug-likeness (QED) is 0.944. The van der Waals surface area contributed by atoms with Gasteiger partial charge in [0, 0.05) is 32.4 Å². The monoisotopic (exact) mass is 298 g/mol. The number of hydrogen-bond donors (Lipinski definition) is 1. The minimum absolute atomic E-state index is 0.136. The highest BCUT2D eigenvalue weighted by Gasteiger charge is 2.27. The predicted molar refractivity (Wildman–Crippen MR) is 86.4 cm³/mol. The second-order valence-electron chi connectivity index (χ2n) is 5.75. The van der Waals surface area contributed by atoms with Crippen molar-refractivity contribution in [2.45, 2.75) is 25.3 Å². The van der Waals surface area contributed by atoms with Gasteiger partial charge in [0.1, 0.15) is 11.9 Å². The van der Waals surface area contributed by atoms with Crippen molar-refractivity contribution in [2.24, 2.45) is 7.05 Å². The molecule has 116 valence electrons. The van der Waals surface area contributed by atoms with Crippen LogP contribution in [0, 0.1) is 0 Å². The molecule has 0 radical (unpaired) electrons. The summed E-state index contributed by atoms with van der Waals surface area (Å²) in [5, 5.41) is 7.63. The van der Waals surface area contributed by atoms with E-state index in [0.29, 0.717) is 0 Å². The highest BCUT2D eigenvalue weighted by atomic mass is 16.2. The van der Waals surface area contributed by atoms with E-state index in [1.807, 2.05) is 54.5 Å². The molecular formula is C17H22N4O. The van der Waals surface area contributed by atoms with Gasteiger partial charge in [-0.2, -0.15) is 5.10 Å². The summed E-state index contributed by atoms with van der Waals surface area (Å²) < 4.78 is 1.73. The molecule has 5 heteroatoms. The van der Waals surface area contributed by atoms with Crippen LogP contribution in [0.4, 0.5) is 5.82 Å². The predicted octanol–water partition coefficient (Wildman–Crippen LogP) is 2.59. The molecule has 0 spiro atoms. The van der Waals surface area contributed by atoms with E-state index in [0.717, 1.165) is 37.3 Å². The zero-order valence-corrected chi connectivity index (χ0v) is 12.9. The highest BCUT2D eigenvalue weighted by Crippen LogP contribution is 2.22. The van der Waals surface area contributed by atoms with Crippen molar-refractivity contribution in [1.82, 2.24) is 14.7 Å². The zero-order valence-electron chi connectivity index (χ0n) is 12.9. The molecule has 1 aliphatic heterocycles. The summed E-state index contributed by atoms with van der Waals surface area (Å²) in [7, 11) is 1.87. The lowest BCUT2D eigenvalue weighted by Crippen LogP contribution is -2.41. The van der Waals surface area contributed by atoms with Gasteiger partial charge in [-0.1, -0.05) is 30.3 Å². The summed E-state index contributed by atoms with van der Waals surface area (Å²) in [6, 6.07) is 11.4. The Kier molecular flexibility index (Phi) is 4.42. The Morgan fingerprint density at radius 2 is 1.86 bits per heavy atom. The van der Waals surface area contributed by atoms with Crippen LogP contribution < -0.4 is 5.32 Å². The Bertz CT molecular complexity index is 617. The fourth-order valence-electron chi connectivity index (χ4n) is 2.87. The molecule has 0 unspecified atom stereocenters. The molecule has 1 aliphatic rings. The van der Waals surface area contributed by atoms with E-state index < -0.39 is 0 Å². The first-order valence-corrected chi connectivity index (χ1v) is 7.84. The normalized spacial score (nSPS) is 16.3. The van der Waals surface area contributed by atoms with Crippen molar-refractivity contribution >= 4 is 11.7 Å². The van der Waals surface area contributed by atoms with Crippen molar-refractivity contribution < 1.29 is 4.79 Å². The molecule has 0 bridgehead atoms. The Balaban J connectivity index is 1.83. The van der Waals surface area contributed by atoms with Gasteiger partial charge in [0.15, 0.2) is 0 Å². The van der Waals surface area contributed by atoms with Crippen molar-refractivity contribution in [3.63, 3.8) is 0 Å². The standard InChI is InChI=1S/C17H22N4O/c1-20-13-10-15(19-20)18-16(14-8-4-2-5-9-14)17(22)21-11-6-3-7-12-21/h2,4-5,8-10,13,16H,3,6-7,11-12H2,1H3,(H,18,19)/t16-/m0/s1. The Morgan fingerprint density at radius 1 is 1.14 bits per heavy atom. The number of aromatic nitrogens is 2. The number of amides is 1. The van der Waals surface area contributed by atoms with E-state index in [9.17, 15) is 4.79 Å². The van der Waals surface area contributed by atoms with Crippen LogP contribution in [0.25, 0.3) is 0 Å². The summed E-state index contributed by atoms with van der Waals surface area (Å²) in [5.41, 5.74) is 0.976. The largest absolute Gasteiger partial charge is 0.353 e. The number of aryl methyl sites for hydroxylation is 1. The topological polar surface area (TPSA) is 50.2 Å². The van der Waals surface area contributed by atoms with Gasteiger partial charge in [-0.25, -0.2) is 0 Å². The molecule has 1 N–H and O–H groups in total. The lowest BCUT2D eigenvalue weighted by Gasteiger charge is -2.31. The first-order chi connectivity index (χ1) is 10.7. The van der Waals surface area contributed by atoms with Gasteiger partial charge >= 0.3 is 0 Å². The lowest BCUT2D eigenvalue weighted by atomic mass is 10.0. The van der Waals surface area contributed by atoms with E-state index in [2.05, 4.69) is 10.4 Å². The van der Waals surface area contributed by atoms with Gasteiger partial charge in [0.25, 0.3) is 0 Å². The fourth-order valence-corrected chi connectivity index (χ4v) is 2.87. The molecule has 1 fully saturated rings. The average Bonchev–Trinajstić information content (AvgIpc) is 2.99. The van der Waals surface area contributed by atoms with Gasteiger partial charge < -0.3 is 10.2 Å². The summed E-state index contributed by atoms with van der Waals surface area (Å²) in [6.45, 7) is 1.71. The number of piperidine rings is 1. The highest BCUT2D eigenvalue weighted by molar-refractivity contribution is 5.86. The smallest absolute Gasteiger partial charge is 0.249 e. The first kappa shape index (κ1) is 14.6. The molecule has 1 amide bonds. The first-order valence-electron chi connectivity index (χ1n) is 7.84. The minimum Gasteiger partial charge on any atom is -0.353 e. The third-order valence-corrected chi connectivity index (χ3v) is 4.05. The summed E-state index contributed by atoms with van der Waals surface area (Å²) in [4.78, 5) is 14.9. The van der Waals surface area contributed by atoms with E-state index in [-0.39, 0.29) is 11.9 Å². The molecule has 3 rings (SSSR count). The van der Waals surface area contributed by atoms with Gasteiger partial charge in [-0.15, -0.1) is 0 Å². The number of likely N-dealkylation sites (tertiary alicyclic amines) is 1. The molecule has 0 aliphatic carbocycles. The molecule has 22 heavy (non-hydrogen) atoms. The van der Waals surface area contributed by atoms with Crippen LogP contribution in [0.3, 0.4) is 0 Å². The number of nitrogens with zero attached hydrogens (tertiary/aromatic N) is 3. The van der Waals surface area contributed by atoms with E-state index in [1.54, 1.807) is 4.68 Å². The number of rotatable bonds is 4. The molecule has 1 aromatic heterocycles. The lowest BCUT2D eigenvalue weighted by molar-refractivity contribution is -0.133. The molecule has 2 heterocycles. The summed E-state index contributed by atoms with van der Waals surface area (Å²) in [6.07, 6.45) is 5.27. The summed E-state index contributed by atoms with van der Waals surface area (Å²) >= 11 is 0. The van der Waals surface area contributed by atoms with Crippen LogP contribution in [-0.2, 0) is 11.8 Å². The number of nitrogens with one attached hydrogen (secondary N) is 1. The van der Waals surface area contributed by atoms with Crippen molar-refractivity contribution in [1.29, 1.82) is 0 Å². The SMILES string of the molecule is Cn1ccc(N[C@H](C(=O)N2CCCCC2)c2ccccc2)n1. The third-order valence-electron chi connectivity index (χ3n) is 4.05. The van der Waals surface area contributed by atoms with Gasteiger partial charge in [0.05, 0.1) is 0 Å². The van der Waals surface area contributed by atoms with E-state index in [4.69, 9.17) is 0 Å². The van der Waals surface area contributed by atoms with Crippen LogP contribution in [0.1, 0.15) is 30.9 Å². The molecular weight excluding hydrogens is 276 g/mol. The average molecular weight is 298 g/mol. The van der Waals surface area contributed by atoms with Crippen LogP contribution in [0.5, 0.6) is 0 Å². The molecule has 0 saturated carbocycles. The van der Waals surface area contributed by atoms with Gasteiger partial charge in [-0.3, -0.25) is 9.48 Å².